The van der Waals surface area contributed by atoms with E-state index in [1.54, 1.807) is 0 Å². The summed E-state index contributed by atoms with van der Waals surface area (Å²) in [5.41, 5.74) is 1.12. The fraction of sp³-hybridized carbons (Fsp3) is 0.500. The molecule has 6 heteroatoms. The van der Waals surface area contributed by atoms with Crippen LogP contribution in [-0.4, -0.2) is 36.5 Å². The number of halogens is 1. The van der Waals surface area contributed by atoms with Crippen LogP contribution < -0.4 is 10.6 Å². The Morgan fingerprint density at radius 1 is 1.41 bits per heavy atom. The molecule has 1 saturated heterocycles. The van der Waals surface area contributed by atoms with Gasteiger partial charge in [0.1, 0.15) is 0 Å². The molecule has 0 radical (unpaired) electrons. The topological polar surface area (TPSA) is 61.4 Å². The summed E-state index contributed by atoms with van der Waals surface area (Å²) in [5, 5.41) is 5.70. The molecule has 1 aromatic rings. The minimum atomic E-state index is -0.426. The van der Waals surface area contributed by atoms with E-state index in [1.165, 1.54) is 0 Å². The number of nitrogens with zero attached hydrogens (tertiary/aromatic N) is 1. The van der Waals surface area contributed by atoms with E-state index >= 15 is 0 Å². The fourth-order valence-corrected chi connectivity index (χ4v) is 2.94. The quantitative estimate of drug-likeness (QED) is 0.876. The van der Waals surface area contributed by atoms with Gasteiger partial charge in [0.25, 0.3) is 0 Å². The van der Waals surface area contributed by atoms with Crippen LogP contribution >= 0.6 is 11.6 Å². The molecule has 0 bridgehead atoms. The van der Waals surface area contributed by atoms with Crippen molar-refractivity contribution in [3.05, 3.63) is 34.9 Å². The molecule has 0 spiro atoms. The SMILES string of the molecule is CCCNC(=O)NC(=O)CN1CCCC1c1cccc(Cl)c1. The van der Waals surface area contributed by atoms with Gasteiger partial charge in [0.05, 0.1) is 6.54 Å². The lowest BCUT2D eigenvalue weighted by molar-refractivity contribution is -0.121. The van der Waals surface area contributed by atoms with Crippen LogP contribution in [0.4, 0.5) is 4.79 Å². The second kappa shape index (κ2) is 8.15. The molecule has 120 valence electrons. The number of nitrogens with one attached hydrogen (secondary N) is 2. The maximum Gasteiger partial charge on any atom is 0.321 e. The van der Waals surface area contributed by atoms with Gasteiger partial charge in [-0.25, -0.2) is 4.79 Å². The van der Waals surface area contributed by atoms with Crippen molar-refractivity contribution in [3.8, 4) is 0 Å². The zero-order valence-corrected chi connectivity index (χ0v) is 13.5. The molecule has 1 heterocycles. The fourth-order valence-electron chi connectivity index (χ4n) is 2.74. The monoisotopic (exact) mass is 323 g/mol. The maximum atomic E-state index is 12.0. The zero-order valence-electron chi connectivity index (χ0n) is 12.8. The highest BCUT2D eigenvalue weighted by atomic mass is 35.5. The molecule has 1 aromatic carbocycles. The van der Waals surface area contributed by atoms with E-state index in [1.807, 2.05) is 31.2 Å². The number of rotatable bonds is 5. The summed E-state index contributed by atoms with van der Waals surface area (Å²) in [7, 11) is 0. The van der Waals surface area contributed by atoms with Gasteiger partial charge in [0.15, 0.2) is 0 Å². The first kappa shape index (κ1) is 16.8. The highest BCUT2D eigenvalue weighted by molar-refractivity contribution is 6.30. The van der Waals surface area contributed by atoms with Crippen molar-refractivity contribution in [3.63, 3.8) is 0 Å². The highest BCUT2D eigenvalue weighted by Crippen LogP contribution is 2.32. The third-order valence-electron chi connectivity index (χ3n) is 3.73. The molecule has 2 rings (SSSR count). The van der Waals surface area contributed by atoms with Crippen molar-refractivity contribution in [2.24, 2.45) is 0 Å². The molecule has 3 amide bonds. The summed E-state index contributed by atoms with van der Waals surface area (Å²) < 4.78 is 0. The average Bonchev–Trinajstić information content (AvgIpc) is 2.93. The van der Waals surface area contributed by atoms with E-state index < -0.39 is 6.03 Å². The van der Waals surface area contributed by atoms with Gasteiger partial charge in [0.2, 0.25) is 5.91 Å². The lowest BCUT2D eigenvalue weighted by Gasteiger charge is -2.24. The first-order chi connectivity index (χ1) is 10.6. The van der Waals surface area contributed by atoms with E-state index in [2.05, 4.69) is 15.5 Å². The summed E-state index contributed by atoms with van der Waals surface area (Å²) in [5.74, 6) is -0.275. The molecule has 5 nitrogen and oxygen atoms in total. The van der Waals surface area contributed by atoms with Gasteiger partial charge in [-0.3, -0.25) is 15.0 Å². The number of urea groups is 1. The highest BCUT2D eigenvalue weighted by Gasteiger charge is 2.27. The minimum absolute atomic E-state index is 0.183. The first-order valence-electron chi connectivity index (χ1n) is 7.67. The van der Waals surface area contributed by atoms with Crippen molar-refractivity contribution < 1.29 is 9.59 Å². The van der Waals surface area contributed by atoms with Gasteiger partial charge in [-0.2, -0.15) is 0 Å². The van der Waals surface area contributed by atoms with E-state index in [-0.39, 0.29) is 18.5 Å². The molecule has 1 unspecified atom stereocenters. The molecular weight excluding hydrogens is 302 g/mol. The number of carbonyl (C=O) groups excluding carboxylic acids is 2. The number of likely N-dealkylation sites (tertiary alicyclic amines) is 1. The molecule has 1 aliphatic heterocycles. The molecule has 1 atom stereocenters. The van der Waals surface area contributed by atoms with Crippen LogP contribution in [0.3, 0.4) is 0 Å². The Labute approximate surface area is 136 Å². The predicted octanol–water partition coefficient (Wildman–Crippen LogP) is 2.71. The van der Waals surface area contributed by atoms with Crippen molar-refractivity contribution in [1.82, 2.24) is 15.5 Å². The molecule has 2 N–H and O–H groups in total. The number of hydrogen-bond donors (Lipinski definition) is 2. The zero-order chi connectivity index (χ0) is 15.9. The van der Waals surface area contributed by atoms with Crippen LogP contribution in [-0.2, 0) is 4.79 Å². The van der Waals surface area contributed by atoms with Gasteiger partial charge in [-0.05, 0) is 43.5 Å². The van der Waals surface area contributed by atoms with Crippen LogP contribution in [0.1, 0.15) is 37.8 Å². The molecule has 0 saturated carbocycles. The largest absolute Gasteiger partial charge is 0.338 e. The lowest BCUT2D eigenvalue weighted by atomic mass is 10.0. The maximum absolute atomic E-state index is 12.0. The summed E-state index contributed by atoms with van der Waals surface area (Å²) in [6.45, 7) is 3.59. The molecular formula is C16H22ClN3O2. The second-order valence-corrected chi connectivity index (χ2v) is 5.92. The van der Waals surface area contributed by atoms with Crippen LogP contribution in [0.15, 0.2) is 24.3 Å². The Bertz CT molecular complexity index is 536. The third kappa shape index (κ3) is 4.71. The summed E-state index contributed by atoms with van der Waals surface area (Å²) in [4.78, 5) is 25.6. The Morgan fingerprint density at radius 3 is 2.95 bits per heavy atom. The van der Waals surface area contributed by atoms with Gasteiger partial charge in [0, 0.05) is 17.6 Å². The number of amides is 3. The normalized spacial score (nSPS) is 18.2. The lowest BCUT2D eigenvalue weighted by Crippen LogP contribution is -2.44. The molecule has 0 aliphatic carbocycles. The number of hydrogen-bond acceptors (Lipinski definition) is 3. The Morgan fingerprint density at radius 2 is 2.23 bits per heavy atom. The third-order valence-corrected chi connectivity index (χ3v) is 3.97. The van der Waals surface area contributed by atoms with Gasteiger partial charge < -0.3 is 5.32 Å². The molecule has 0 aromatic heterocycles. The summed E-state index contributed by atoms with van der Waals surface area (Å²) >= 11 is 6.04. The second-order valence-electron chi connectivity index (χ2n) is 5.49. The van der Waals surface area contributed by atoms with Gasteiger partial charge in [-0.1, -0.05) is 30.7 Å². The van der Waals surface area contributed by atoms with Gasteiger partial charge in [-0.15, -0.1) is 0 Å². The Hall–Kier alpha value is -1.59. The van der Waals surface area contributed by atoms with Crippen molar-refractivity contribution in [2.75, 3.05) is 19.6 Å². The van der Waals surface area contributed by atoms with E-state index in [0.29, 0.717) is 11.6 Å². The van der Waals surface area contributed by atoms with Crippen LogP contribution in [0.5, 0.6) is 0 Å². The Kier molecular flexibility index (Phi) is 6.21. The Balaban J connectivity index is 1.91. The number of imide groups is 1. The summed E-state index contributed by atoms with van der Waals surface area (Å²) in [6, 6.07) is 7.49. The molecule has 22 heavy (non-hydrogen) atoms. The minimum Gasteiger partial charge on any atom is -0.338 e. The molecule has 1 aliphatic rings. The summed E-state index contributed by atoms with van der Waals surface area (Å²) in [6.07, 6.45) is 2.87. The van der Waals surface area contributed by atoms with E-state index in [4.69, 9.17) is 11.6 Å². The smallest absolute Gasteiger partial charge is 0.321 e. The van der Waals surface area contributed by atoms with Crippen molar-refractivity contribution in [2.45, 2.75) is 32.2 Å². The van der Waals surface area contributed by atoms with Crippen LogP contribution in [0.25, 0.3) is 0 Å². The standard InChI is InChI=1S/C16H22ClN3O2/c1-2-8-18-16(22)19-15(21)11-20-9-4-7-14(20)12-5-3-6-13(17)10-12/h3,5-6,10,14H,2,4,7-9,11H2,1H3,(H2,18,19,21,22). The number of benzene rings is 1. The van der Waals surface area contributed by atoms with E-state index in [0.717, 1.165) is 31.4 Å². The average molecular weight is 324 g/mol. The van der Waals surface area contributed by atoms with Crippen LogP contribution in [0, 0.1) is 0 Å². The molecule has 1 fully saturated rings. The first-order valence-corrected chi connectivity index (χ1v) is 8.05. The van der Waals surface area contributed by atoms with E-state index in [9.17, 15) is 9.59 Å². The predicted molar refractivity (Wildman–Crippen MR) is 86.8 cm³/mol. The van der Waals surface area contributed by atoms with Crippen LogP contribution in [0.2, 0.25) is 5.02 Å². The number of carbonyl (C=O) groups is 2. The van der Waals surface area contributed by atoms with Gasteiger partial charge >= 0.3 is 6.03 Å². The van der Waals surface area contributed by atoms with Crippen molar-refractivity contribution >= 4 is 23.5 Å². The van der Waals surface area contributed by atoms with Crippen molar-refractivity contribution in [1.29, 1.82) is 0 Å².